The number of aryl methyl sites for hydroxylation is 1. The Labute approximate surface area is 96.8 Å². The smallest absolute Gasteiger partial charge is 0.0406 e. The summed E-state index contributed by atoms with van der Waals surface area (Å²) in [6, 6.07) is 8.99. The van der Waals surface area contributed by atoms with E-state index in [0.29, 0.717) is 0 Å². The second-order valence-electron chi connectivity index (χ2n) is 4.31. The zero-order chi connectivity index (χ0) is 10.5. The lowest BCUT2D eigenvalue weighted by Gasteiger charge is -2.26. The van der Waals surface area contributed by atoms with Gasteiger partial charge in [0.05, 0.1) is 0 Å². The van der Waals surface area contributed by atoms with Gasteiger partial charge < -0.3 is 5.32 Å². The Morgan fingerprint density at radius 3 is 2.53 bits per heavy atom. The molecule has 1 aliphatic carbocycles. The van der Waals surface area contributed by atoms with Crippen LogP contribution >= 0.6 is 11.6 Å². The van der Waals surface area contributed by atoms with Gasteiger partial charge in [0.2, 0.25) is 0 Å². The molecule has 1 aliphatic rings. The highest BCUT2D eigenvalue weighted by molar-refractivity contribution is 6.30. The molecule has 0 heterocycles. The maximum Gasteiger partial charge on any atom is 0.0406 e. The van der Waals surface area contributed by atoms with E-state index in [1.807, 2.05) is 12.1 Å². The fourth-order valence-corrected chi connectivity index (χ4v) is 1.99. The Morgan fingerprint density at radius 1 is 1.20 bits per heavy atom. The normalized spacial score (nSPS) is 16.3. The van der Waals surface area contributed by atoms with Crippen LogP contribution in [-0.2, 0) is 6.42 Å². The van der Waals surface area contributed by atoms with Gasteiger partial charge in [0.15, 0.2) is 0 Å². The Balaban J connectivity index is 1.62. The molecule has 0 atom stereocenters. The lowest BCUT2D eigenvalue weighted by molar-refractivity contribution is 0.339. The van der Waals surface area contributed by atoms with Gasteiger partial charge in [0.25, 0.3) is 0 Å². The summed E-state index contributed by atoms with van der Waals surface area (Å²) in [5.41, 5.74) is 1.38. The minimum absolute atomic E-state index is 0.815. The first-order valence-corrected chi connectivity index (χ1v) is 6.20. The van der Waals surface area contributed by atoms with Gasteiger partial charge in [-0.2, -0.15) is 0 Å². The van der Waals surface area contributed by atoms with Crippen molar-refractivity contribution in [1.29, 1.82) is 0 Å². The topological polar surface area (TPSA) is 12.0 Å². The first-order valence-electron chi connectivity index (χ1n) is 5.82. The summed E-state index contributed by atoms with van der Waals surface area (Å²) in [6.45, 7) is 1.15. The molecule has 1 aromatic carbocycles. The van der Waals surface area contributed by atoms with Crippen LogP contribution in [0.15, 0.2) is 24.3 Å². The van der Waals surface area contributed by atoms with Crippen molar-refractivity contribution in [1.82, 2.24) is 5.32 Å². The molecule has 2 rings (SSSR count). The monoisotopic (exact) mass is 223 g/mol. The maximum absolute atomic E-state index is 5.83. The van der Waals surface area contributed by atoms with E-state index in [9.17, 15) is 0 Å². The Kier molecular flexibility index (Phi) is 4.04. The first-order chi connectivity index (χ1) is 7.34. The van der Waals surface area contributed by atoms with E-state index in [1.54, 1.807) is 0 Å². The molecule has 0 amide bonds. The Bertz CT molecular complexity index is 290. The van der Waals surface area contributed by atoms with Crippen molar-refractivity contribution in [2.45, 2.75) is 38.1 Å². The first kappa shape index (κ1) is 11.0. The fourth-order valence-electron chi connectivity index (χ4n) is 1.86. The molecule has 0 aromatic heterocycles. The lowest BCUT2D eigenvalue weighted by Crippen LogP contribution is -2.35. The highest BCUT2D eigenvalue weighted by Crippen LogP contribution is 2.18. The van der Waals surface area contributed by atoms with E-state index in [2.05, 4.69) is 17.4 Å². The SMILES string of the molecule is Clc1ccc(CCCNC2CCC2)cc1. The van der Waals surface area contributed by atoms with Crippen LogP contribution in [0.25, 0.3) is 0 Å². The summed E-state index contributed by atoms with van der Waals surface area (Å²) in [6.07, 6.45) is 6.53. The molecule has 0 saturated heterocycles. The largest absolute Gasteiger partial charge is 0.314 e. The summed E-state index contributed by atoms with van der Waals surface area (Å²) in [7, 11) is 0. The average molecular weight is 224 g/mol. The molecule has 0 spiro atoms. The molecule has 0 radical (unpaired) electrons. The molecule has 1 aromatic rings. The van der Waals surface area contributed by atoms with Gasteiger partial charge in [-0.3, -0.25) is 0 Å². The molecule has 2 heteroatoms. The fraction of sp³-hybridized carbons (Fsp3) is 0.538. The molecular formula is C13H18ClN. The molecule has 1 saturated carbocycles. The van der Waals surface area contributed by atoms with Crippen molar-refractivity contribution in [2.75, 3.05) is 6.54 Å². The summed E-state index contributed by atoms with van der Waals surface area (Å²) in [5, 5.41) is 4.40. The number of nitrogens with one attached hydrogen (secondary N) is 1. The Morgan fingerprint density at radius 2 is 1.93 bits per heavy atom. The van der Waals surface area contributed by atoms with Crippen molar-refractivity contribution >= 4 is 11.6 Å². The average Bonchev–Trinajstić information content (AvgIpc) is 2.18. The summed E-state index contributed by atoms with van der Waals surface area (Å²) >= 11 is 5.83. The number of rotatable bonds is 5. The molecule has 15 heavy (non-hydrogen) atoms. The van der Waals surface area contributed by atoms with Gasteiger partial charge >= 0.3 is 0 Å². The van der Waals surface area contributed by atoms with Crippen LogP contribution < -0.4 is 5.32 Å². The maximum atomic E-state index is 5.83. The van der Waals surface area contributed by atoms with E-state index in [-0.39, 0.29) is 0 Å². The third-order valence-electron chi connectivity index (χ3n) is 3.09. The molecule has 0 bridgehead atoms. The summed E-state index contributed by atoms with van der Waals surface area (Å²) < 4.78 is 0. The molecule has 82 valence electrons. The van der Waals surface area contributed by atoms with Crippen molar-refractivity contribution in [3.8, 4) is 0 Å². The van der Waals surface area contributed by atoms with Gasteiger partial charge in [-0.05, 0) is 49.9 Å². The van der Waals surface area contributed by atoms with Gasteiger partial charge in [-0.25, -0.2) is 0 Å². The molecular weight excluding hydrogens is 206 g/mol. The van der Waals surface area contributed by atoms with Crippen LogP contribution in [0.2, 0.25) is 5.02 Å². The third-order valence-corrected chi connectivity index (χ3v) is 3.35. The van der Waals surface area contributed by atoms with Crippen molar-refractivity contribution in [3.63, 3.8) is 0 Å². The number of halogens is 1. The quantitative estimate of drug-likeness (QED) is 0.755. The minimum atomic E-state index is 0.815. The van der Waals surface area contributed by atoms with E-state index in [0.717, 1.165) is 24.0 Å². The highest BCUT2D eigenvalue weighted by atomic mass is 35.5. The number of benzene rings is 1. The van der Waals surface area contributed by atoms with Crippen LogP contribution in [0.3, 0.4) is 0 Å². The minimum Gasteiger partial charge on any atom is -0.314 e. The summed E-state index contributed by atoms with van der Waals surface area (Å²) in [5.74, 6) is 0. The van der Waals surface area contributed by atoms with Crippen LogP contribution in [0.5, 0.6) is 0 Å². The van der Waals surface area contributed by atoms with Crippen LogP contribution in [0, 0.1) is 0 Å². The van der Waals surface area contributed by atoms with Crippen molar-refractivity contribution < 1.29 is 0 Å². The van der Waals surface area contributed by atoms with Gasteiger partial charge in [0, 0.05) is 11.1 Å². The molecule has 1 N–H and O–H groups in total. The third kappa shape index (κ3) is 3.51. The second kappa shape index (κ2) is 5.53. The lowest BCUT2D eigenvalue weighted by atomic mass is 9.93. The van der Waals surface area contributed by atoms with E-state index >= 15 is 0 Å². The van der Waals surface area contributed by atoms with E-state index in [4.69, 9.17) is 11.6 Å². The van der Waals surface area contributed by atoms with E-state index in [1.165, 1.54) is 31.2 Å². The van der Waals surface area contributed by atoms with Gasteiger partial charge in [0.1, 0.15) is 0 Å². The predicted molar refractivity (Wildman–Crippen MR) is 65.4 cm³/mol. The second-order valence-corrected chi connectivity index (χ2v) is 4.75. The van der Waals surface area contributed by atoms with Crippen LogP contribution in [0.4, 0.5) is 0 Å². The standard InChI is InChI=1S/C13H18ClN/c14-12-8-6-11(7-9-12)3-2-10-15-13-4-1-5-13/h6-9,13,15H,1-5,10H2. The highest BCUT2D eigenvalue weighted by Gasteiger charge is 2.15. The molecule has 0 aliphatic heterocycles. The van der Waals surface area contributed by atoms with Crippen LogP contribution in [0.1, 0.15) is 31.2 Å². The van der Waals surface area contributed by atoms with Gasteiger partial charge in [-0.15, -0.1) is 0 Å². The molecule has 1 fully saturated rings. The van der Waals surface area contributed by atoms with Crippen molar-refractivity contribution in [2.24, 2.45) is 0 Å². The van der Waals surface area contributed by atoms with Gasteiger partial charge in [-0.1, -0.05) is 30.2 Å². The predicted octanol–water partition coefficient (Wildman–Crippen LogP) is 3.41. The van der Waals surface area contributed by atoms with Crippen LogP contribution in [-0.4, -0.2) is 12.6 Å². The number of hydrogen-bond acceptors (Lipinski definition) is 1. The van der Waals surface area contributed by atoms with Crippen molar-refractivity contribution in [3.05, 3.63) is 34.9 Å². The molecule has 0 unspecified atom stereocenters. The molecule has 1 nitrogen and oxygen atoms in total. The zero-order valence-corrected chi connectivity index (χ0v) is 9.76. The Hall–Kier alpha value is -0.530. The zero-order valence-electron chi connectivity index (χ0n) is 9.01. The van der Waals surface area contributed by atoms with E-state index < -0.39 is 0 Å². The number of hydrogen-bond donors (Lipinski definition) is 1. The summed E-state index contributed by atoms with van der Waals surface area (Å²) in [4.78, 5) is 0.